The molecule has 4 nitrogen and oxygen atoms in total. The molecule has 0 bridgehead atoms. The van der Waals surface area contributed by atoms with Gasteiger partial charge in [0.1, 0.15) is 0 Å². The van der Waals surface area contributed by atoms with Gasteiger partial charge in [0.05, 0.1) is 5.56 Å². The molecule has 0 radical (unpaired) electrons. The average Bonchev–Trinajstić information content (AvgIpc) is 2.49. The molecule has 0 saturated heterocycles. The molecule has 114 valence electrons. The lowest BCUT2D eigenvalue weighted by Crippen LogP contribution is -2.00. The Morgan fingerprint density at radius 1 is 0.955 bits per heavy atom. The van der Waals surface area contributed by atoms with E-state index in [1.165, 1.54) is 18.2 Å². The fraction of sp³-hybridized carbons (Fsp3) is 0. The minimum atomic E-state index is -1.13. The lowest BCUT2D eigenvalue weighted by molar-refractivity contribution is 0.0694. The second kappa shape index (κ2) is 8.68. The van der Waals surface area contributed by atoms with Crippen LogP contribution in [0.1, 0.15) is 31.1 Å². The van der Waals surface area contributed by atoms with E-state index in [1.807, 2.05) is 0 Å². The summed E-state index contributed by atoms with van der Waals surface area (Å²) in [6.07, 6.45) is 1.23. The molecule has 0 unspecified atom stereocenters. The maximum Gasteiger partial charge on any atom is 0.336 e. The molecule has 2 aromatic rings. The molecule has 0 amide bonds. The molecule has 0 aromatic heterocycles. The van der Waals surface area contributed by atoms with Crippen LogP contribution in [-0.4, -0.2) is 23.6 Å². The number of rotatable bonds is 3. The summed E-state index contributed by atoms with van der Waals surface area (Å²) in [5, 5.41) is 9.51. The van der Waals surface area contributed by atoms with Gasteiger partial charge in [0, 0.05) is 25.6 Å². The number of carbonyl (C=O) groups excluding carboxylic acids is 2. The number of carbonyl (C=O) groups is 3. The van der Waals surface area contributed by atoms with Gasteiger partial charge in [-0.25, -0.2) is 4.79 Å². The molecule has 0 atom stereocenters. The maximum absolute atomic E-state index is 10.5. The van der Waals surface area contributed by atoms with Gasteiger partial charge in [0.2, 0.25) is 0 Å². The Labute approximate surface area is 144 Å². The first-order valence-electron chi connectivity index (χ1n) is 5.77. The van der Waals surface area contributed by atoms with Gasteiger partial charge < -0.3 is 5.11 Å². The molecule has 0 aliphatic carbocycles. The van der Waals surface area contributed by atoms with Crippen LogP contribution in [0, 0.1) is 0 Å². The summed E-state index contributed by atoms with van der Waals surface area (Å²) in [5.41, 5.74) is 0.636. The van der Waals surface area contributed by atoms with E-state index in [0.717, 1.165) is 10.8 Å². The minimum absolute atomic E-state index is 0.0330. The Bertz CT molecular complexity index is 717. The predicted molar refractivity (Wildman–Crippen MR) is 88.3 cm³/mol. The van der Waals surface area contributed by atoms with Gasteiger partial charge >= 0.3 is 5.97 Å². The van der Waals surface area contributed by atoms with Crippen LogP contribution < -0.4 is 0 Å². The zero-order chi connectivity index (χ0) is 16.7. The van der Waals surface area contributed by atoms with Gasteiger partial charge in [0.25, 0.3) is 0 Å². The van der Waals surface area contributed by atoms with E-state index in [0.29, 0.717) is 21.9 Å². The van der Waals surface area contributed by atoms with Crippen molar-refractivity contribution >= 4 is 57.7 Å². The Kier molecular flexibility index (Phi) is 7.24. The summed E-state index contributed by atoms with van der Waals surface area (Å²) in [7, 11) is 0. The zero-order valence-corrected chi connectivity index (χ0v) is 14.0. The fourth-order valence-corrected chi connectivity index (χ4v) is 2.13. The number of halogens is 3. The molecule has 2 rings (SSSR count). The number of hydrogen-bond donors (Lipinski definition) is 1. The van der Waals surface area contributed by atoms with Crippen molar-refractivity contribution in [1.82, 2.24) is 0 Å². The lowest BCUT2D eigenvalue weighted by Gasteiger charge is -1.98. The van der Waals surface area contributed by atoms with Crippen LogP contribution in [0.3, 0.4) is 0 Å². The van der Waals surface area contributed by atoms with E-state index < -0.39 is 5.97 Å². The number of benzene rings is 2. The predicted octanol–water partition coefficient (Wildman–Crippen LogP) is 4.77. The smallest absolute Gasteiger partial charge is 0.336 e. The van der Waals surface area contributed by atoms with Gasteiger partial charge in [-0.2, -0.15) is 0 Å². The van der Waals surface area contributed by atoms with Gasteiger partial charge in [-0.3, -0.25) is 9.59 Å². The molecule has 0 saturated carbocycles. The summed E-state index contributed by atoms with van der Waals surface area (Å²) in [4.78, 5) is 31.1. The Morgan fingerprint density at radius 2 is 1.45 bits per heavy atom. The highest BCUT2D eigenvalue weighted by molar-refractivity contribution is 9.10. The summed E-state index contributed by atoms with van der Waals surface area (Å²) >= 11 is 14.4. The van der Waals surface area contributed by atoms with Crippen molar-refractivity contribution in [3.8, 4) is 0 Å². The first kappa shape index (κ1) is 18.4. The van der Waals surface area contributed by atoms with Crippen molar-refractivity contribution in [2.24, 2.45) is 0 Å². The second-order valence-electron chi connectivity index (χ2n) is 3.94. The number of aromatic carboxylic acids is 1. The van der Waals surface area contributed by atoms with Crippen molar-refractivity contribution in [3.63, 3.8) is 0 Å². The maximum atomic E-state index is 10.5. The Morgan fingerprint density at radius 3 is 1.91 bits per heavy atom. The Hall–Kier alpha value is -1.69. The minimum Gasteiger partial charge on any atom is -0.478 e. The van der Waals surface area contributed by atoms with Crippen molar-refractivity contribution in [2.45, 2.75) is 0 Å². The molecule has 0 heterocycles. The van der Waals surface area contributed by atoms with Crippen molar-refractivity contribution in [2.75, 3.05) is 0 Å². The molecule has 0 aliphatic rings. The van der Waals surface area contributed by atoms with Gasteiger partial charge in [0.15, 0.2) is 12.6 Å². The summed E-state index contributed by atoms with van der Waals surface area (Å²) in [6, 6.07) is 9.12. The molecule has 7 heteroatoms. The van der Waals surface area contributed by atoms with Crippen molar-refractivity contribution < 1.29 is 19.5 Å². The highest BCUT2D eigenvalue weighted by Gasteiger charge is 2.08. The first-order valence-corrected chi connectivity index (χ1v) is 7.32. The molecular formula is C15H9BrCl2O4. The van der Waals surface area contributed by atoms with E-state index in [-0.39, 0.29) is 11.1 Å². The third-order valence-electron chi connectivity index (χ3n) is 2.46. The van der Waals surface area contributed by atoms with E-state index in [9.17, 15) is 14.4 Å². The number of carboxylic acids is 1. The van der Waals surface area contributed by atoms with Crippen LogP contribution in [0.2, 0.25) is 10.0 Å². The monoisotopic (exact) mass is 402 g/mol. The van der Waals surface area contributed by atoms with Crippen molar-refractivity contribution in [1.29, 1.82) is 0 Å². The van der Waals surface area contributed by atoms with E-state index in [1.54, 1.807) is 18.2 Å². The molecule has 0 aliphatic heterocycles. The highest BCUT2D eigenvalue weighted by atomic mass is 79.9. The normalized spacial score (nSPS) is 9.41. The summed E-state index contributed by atoms with van der Waals surface area (Å²) in [5.74, 6) is -1.13. The summed E-state index contributed by atoms with van der Waals surface area (Å²) in [6.45, 7) is 0. The van der Waals surface area contributed by atoms with E-state index in [4.69, 9.17) is 28.3 Å². The van der Waals surface area contributed by atoms with Crippen LogP contribution in [0.15, 0.2) is 40.9 Å². The third-order valence-corrected chi connectivity index (χ3v) is 3.65. The second-order valence-corrected chi connectivity index (χ2v) is 5.67. The molecule has 22 heavy (non-hydrogen) atoms. The largest absolute Gasteiger partial charge is 0.478 e. The quantitative estimate of drug-likeness (QED) is 0.749. The average molecular weight is 404 g/mol. The number of carboxylic acid groups (broad SMARTS) is 1. The SMILES string of the molecule is O=Cc1cc(Cl)ccc1Br.O=Cc1cc(Cl)ccc1C(=O)O. The molecule has 0 spiro atoms. The molecule has 1 N–H and O–H groups in total. The fourth-order valence-electron chi connectivity index (χ4n) is 1.43. The van der Waals surface area contributed by atoms with Gasteiger partial charge in [-0.05, 0) is 36.4 Å². The number of aldehydes is 2. The van der Waals surface area contributed by atoms with Crippen LogP contribution in [0.4, 0.5) is 0 Å². The number of hydrogen-bond acceptors (Lipinski definition) is 3. The first-order chi connectivity index (χ1) is 10.4. The van der Waals surface area contributed by atoms with Crippen LogP contribution in [0.25, 0.3) is 0 Å². The summed E-state index contributed by atoms with van der Waals surface area (Å²) < 4.78 is 0.770. The standard InChI is InChI=1S/C8H5ClO3.C7H4BrClO/c9-6-1-2-7(8(11)12)5(3-6)4-10;8-7-2-1-6(9)3-5(7)4-10/h1-4H,(H,11,12);1-4H. The van der Waals surface area contributed by atoms with Crippen molar-refractivity contribution in [3.05, 3.63) is 67.6 Å². The Balaban J connectivity index is 0.000000224. The van der Waals surface area contributed by atoms with Crippen LogP contribution >= 0.6 is 39.1 Å². The van der Waals surface area contributed by atoms with E-state index >= 15 is 0 Å². The van der Waals surface area contributed by atoms with Crippen LogP contribution in [0.5, 0.6) is 0 Å². The molecular weight excluding hydrogens is 395 g/mol. The lowest BCUT2D eigenvalue weighted by atomic mass is 10.1. The van der Waals surface area contributed by atoms with Gasteiger partial charge in [-0.15, -0.1) is 0 Å². The van der Waals surface area contributed by atoms with Crippen LogP contribution in [-0.2, 0) is 0 Å². The topological polar surface area (TPSA) is 71.4 Å². The van der Waals surface area contributed by atoms with Gasteiger partial charge in [-0.1, -0.05) is 39.1 Å². The molecule has 2 aromatic carbocycles. The zero-order valence-electron chi connectivity index (χ0n) is 10.9. The third kappa shape index (κ3) is 5.26. The van der Waals surface area contributed by atoms with E-state index in [2.05, 4.69) is 15.9 Å². The molecule has 0 fully saturated rings. The highest BCUT2D eigenvalue weighted by Crippen LogP contribution is 2.19.